The third-order valence-corrected chi connectivity index (χ3v) is 5.83. The molecule has 2 aliphatic carbocycles. The van der Waals surface area contributed by atoms with Crippen LogP contribution in [-0.2, 0) is 0 Å². The molecule has 1 nitrogen and oxygen atoms in total. The van der Waals surface area contributed by atoms with Crippen molar-refractivity contribution in [2.45, 2.75) is 77.6 Å². The van der Waals surface area contributed by atoms with Gasteiger partial charge < -0.3 is 0 Å². The zero-order valence-corrected chi connectivity index (χ0v) is 13.5. The van der Waals surface area contributed by atoms with E-state index in [4.69, 9.17) is 5.26 Å². The Balaban J connectivity index is 1.71. The highest BCUT2D eigenvalue weighted by Gasteiger charge is 2.30. The molecular weight excluding hydrogens is 261 g/mol. The SMILES string of the molecule is CCCCC1CCC(C2CCC(C=C(F)C#N)CC2)CC1. The van der Waals surface area contributed by atoms with Gasteiger partial charge in [-0.1, -0.05) is 39.0 Å². The summed E-state index contributed by atoms with van der Waals surface area (Å²) in [7, 11) is 0. The van der Waals surface area contributed by atoms with Crippen LogP contribution in [0.25, 0.3) is 0 Å². The molecule has 0 atom stereocenters. The quantitative estimate of drug-likeness (QED) is 0.556. The molecule has 0 saturated heterocycles. The molecule has 0 aromatic carbocycles. The summed E-state index contributed by atoms with van der Waals surface area (Å²) in [4.78, 5) is 0. The Bertz CT molecular complexity index is 366. The third-order valence-electron chi connectivity index (χ3n) is 5.83. The van der Waals surface area contributed by atoms with E-state index in [1.165, 1.54) is 57.8 Å². The summed E-state index contributed by atoms with van der Waals surface area (Å²) in [5.41, 5.74) is 0. The Morgan fingerprint density at radius 2 is 1.62 bits per heavy atom. The molecular formula is C19H30FN. The molecule has 0 amide bonds. The second-order valence-corrected chi connectivity index (χ2v) is 7.22. The van der Waals surface area contributed by atoms with Gasteiger partial charge in [-0.05, 0) is 68.3 Å². The number of nitrogens with zero attached hydrogens (tertiary/aromatic N) is 1. The summed E-state index contributed by atoms with van der Waals surface area (Å²) < 4.78 is 13.0. The summed E-state index contributed by atoms with van der Waals surface area (Å²) in [6.45, 7) is 2.29. The van der Waals surface area contributed by atoms with Gasteiger partial charge in [0, 0.05) is 0 Å². The molecule has 2 rings (SSSR count). The van der Waals surface area contributed by atoms with Gasteiger partial charge in [-0.3, -0.25) is 0 Å². The molecule has 0 unspecified atom stereocenters. The Morgan fingerprint density at radius 3 is 2.14 bits per heavy atom. The van der Waals surface area contributed by atoms with Gasteiger partial charge in [0.05, 0.1) is 0 Å². The van der Waals surface area contributed by atoms with E-state index < -0.39 is 5.83 Å². The minimum atomic E-state index is -0.588. The highest BCUT2D eigenvalue weighted by molar-refractivity contribution is 5.13. The molecule has 0 radical (unpaired) electrons. The summed E-state index contributed by atoms with van der Waals surface area (Å²) in [5.74, 6) is 2.50. The monoisotopic (exact) mass is 291 g/mol. The lowest BCUT2D eigenvalue weighted by Crippen LogP contribution is -2.25. The second-order valence-electron chi connectivity index (χ2n) is 7.22. The number of rotatable bonds is 5. The Morgan fingerprint density at radius 1 is 1.05 bits per heavy atom. The predicted octanol–water partition coefficient (Wildman–Crippen LogP) is 6.17. The van der Waals surface area contributed by atoms with Crippen LogP contribution in [0, 0.1) is 35.0 Å². The molecule has 0 heterocycles. The highest BCUT2D eigenvalue weighted by atomic mass is 19.1. The fourth-order valence-electron chi connectivity index (χ4n) is 4.47. The molecule has 2 heteroatoms. The minimum Gasteiger partial charge on any atom is -0.195 e. The first-order valence-electron chi connectivity index (χ1n) is 9.00. The van der Waals surface area contributed by atoms with E-state index >= 15 is 0 Å². The fourth-order valence-corrected chi connectivity index (χ4v) is 4.47. The minimum absolute atomic E-state index is 0.307. The zero-order chi connectivity index (χ0) is 15.1. The molecule has 0 spiro atoms. The normalized spacial score (nSPS) is 34.4. The molecule has 21 heavy (non-hydrogen) atoms. The van der Waals surface area contributed by atoms with Crippen molar-refractivity contribution in [2.24, 2.45) is 23.7 Å². The lowest BCUT2D eigenvalue weighted by atomic mass is 9.68. The van der Waals surface area contributed by atoms with Crippen LogP contribution >= 0.6 is 0 Å². The number of allylic oxidation sites excluding steroid dienone is 2. The lowest BCUT2D eigenvalue weighted by molar-refractivity contribution is 0.151. The van der Waals surface area contributed by atoms with Crippen LogP contribution in [0.2, 0.25) is 0 Å². The van der Waals surface area contributed by atoms with E-state index in [2.05, 4.69) is 6.92 Å². The van der Waals surface area contributed by atoms with Gasteiger partial charge in [-0.25, -0.2) is 0 Å². The first-order chi connectivity index (χ1) is 10.2. The van der Waals surface area contributed by atoms with Gasteiger partial charge in [-0.15, -0.1) is 0 Å². The molecule has 0 aromatic rings. The van der Waals surface area contributed by atoms with Crippen LogP contribution in [0.4, 0.5) is 4.39 Å². The standard InChI is InChI=1S/C19H30FN/c1-2-3-4-15-5-9-17(10-6-15)18-11-7-16(8-12-18)13-19(20)14-21/h13,15-18H,2-12H2,1H3. The molecule has 118 valence electrons. The zero-order valence-electron chi connectivity index (χ0n) is 13.5. The first-order valence-corrected chi connectivity index (χ1v) is 9.00. The topological polar surface area (TPSA) is 23.8 Å². The van der Waals surface area contributed by atoms with Gasteiger partial charge in [0.1, 0.15) is 6.07 Å². The smallest absolute Gasteiger partial charge is 0.195 e. The van der Waals surface area contributed by atoms with Crippen molar-refractivity contribution < 1.29 is 4.39 Å². The van der Waals surface area contributed by atoms with Crippen LogP contribution in [-0.4, -0.2) is 0 Å². The number of hydrogen-bond donors (Lipinski definition) is 0. The van der Waals surface area contributed by atoms with E-state index in [0.29, 0.717) is 5.92 Å². The van der Waals surface area contributed by atoms with E-state index in [1.807, 2.05) is 0 Å². The van der Waals surface area contributed by atoms with Crippen molar-refractivity contribution in [1.29, 1.82) is 5.26 Å². The maximum absolute atomic E-state index is 13.0. The third kappa shape index (κ3) is 5.13. The van der Waals surface area contributed by atoms with Crippen molar-refractivity contribution in [3.8, 4) is 6.07 Å². The van der Waals surface area contributed by atoms with Crippen molar-refractivity contribution in [3.63, 3.8) is 0 Å². The van der Waals surface area contributed by atoms with Gasteiger partial charge in [0.2, 0.25) is 0 Å². The molecule has 2 aliphatic rings. The predicted molar refractivity (Wildman–Crippen MR) is 85.2 cm³/mol. The van der Waals surface area contributed by atoms with Gasteiger partial charge in [0.25, 0.3) is 0 Å². The lowest BCUT2D eigenvalue weighted by Gasteiger charge is -2.37. The maximum Gasteiger partial charge on any atom is 0.196 e. The van der Waals surface area contributed by atoms with Crippen molar-refractivity contribution in [2.75, 3.05) is 0 Å². The van der Waals surface area contributed by atoms with Crippen LogP contribution < -0.4 is 0 Å². The maximum atomic E-state index is 13.0. The Hall–Kier alpha value is -0.840. The number of halogens is 1. The second kappa shape index (κ2) is 8.57. The van der Waals surface area contributed by atoms with E-state index in [0.717, 1.165) is 30.6 Å². The molecule has 2 saturated carbocycles. The van der Waals surface area contributed by atoms with E-state index in [1.54, 1.807) is 12.1 Å². The van der Waals surface area contributed by atoms with Crippen LogP contribution in [0.3, 0.4) is 0 Å². The number of nitriles is 1. The Kier molecular flexibility index (Phi) is 6.74. The average Bonchev–Trinajstić information content (AvgIpc) is 2.54. The molecule has 0 aromatic heterocycles. The fraction of sp³-hybridized carbons (Fsp3) is 0.842. The summed E-state index contributed by atoms with van der Waals surface area (Å²) in [6, 6.07) is 1.60. The van der Waals surface area contributed by atoms with E-state index in [9.17, 15) is 4.39 Å². The number of unbranched alkanes of at least 4 members (excludes halogenated alkanes) is 1. The molecule has 0 N–H and O–H groups in total. The first kappa shape index (κ1) is 16.5. The summed E-state index contributed by atoms with van der Waals surface area (Å²) >= 11 is 0. The van der Waals surface area contributed by atoms with Crippen LogP contribution in [0.5, 0.6) is 0 Å². The van der Waals surface area contributed by atoms with Crippen LogP contribution in [0.1, 0.15) is 77.6 Å². The Labute approximate surface area is 129 Å². The number of hydrogen-bond acceptors (Lipinski definition) is 1. The summed E-state index contributed by atoms with van der Waals surface area (Å²) in [5, 5.41) is 8.51. The average molecular weight is 291 g/mol. The molecule has 0 aliphatic heterocycles. The molecule has 2 fully saturated rings. The van der Waals surface area contributed by atoms with Crippen molar-refractivity contribution >= 4 is 0 Å². The van der Waals surface area contributed by atoms with Crippen LogP contribution in [0.15, 0.2) is 11.9 Å². The highest BCUT2D eigenvalue weighted by Crippen LogP contribution is 2.42. The molecule has 0 bridgehead atoms. The van der Waals surface area contributed by atoms with Gasteiger partial charge in [0.15, 0.2) is 5.83 Å². The summed E-state index contributed by atoms with van der Waals surface area (Å²) in [6.07, 6.45) is 16.1. The van der Waals surface area contributed by atoms with E-state index in [-0.39, 0.29) is 0 Å². The van der Waals surface area contributed by atoms with Gasteiger partial charge >= 0.3 is 0 Å². The van der Waals surface area contributed by atoms with Gasteiger partial charge in [-0.2, -0.15) is 9.65 Å². The largest absolute Gasteiger partial charge is 0.196 e. The van der Waals surface area contributed by atoms with Crippen molar-refractivity contribution in [1.82, 2.24) is 0 Å². The van der Waals surface area contributed by atoms with Crippen molar-refractivity contribution in [3.05, 3.63) is 11.9 Å².